The number of anilines is 3. The first-order chi connectivity index (χ1) is 12.1. The van der Waals surface area contributed by atoms with Crippen molar-refractivity contribution in [2.75, 3.05) is 17.2 Å². The Balaban J connectivity index is 1.68. The quantitative estimate of drug-likeness (QED) is 0.644. The van der Waals surface area contributed by atoms with Crippen LogP contribution in [0.2, 0.25) is 5.02 Å². The molecule has 0 bridgehead atoms. The summed E-state index contributed by atoms with van der Waals surface area (Å²) in [7, 11) is 0. The molecule has 4 nitrogen and oxygen atoms in total. The Morgan fingerprint density at radius 3 is 2.56 bits per heavy atom. The van der Waals surface area contributed by atoms with Crippen molar-refractivity contribution >= 4 is 29.1 Å². The SMILES string of the molecule is Cc1cc(Nc2cc(Cl)ccc2C)nc(NCCc2ccccc2)n1. The van der Waals surface area contributed by atoms with Gasteiger partial charge in [0.15, 0.2) is 0 Å². The van der Waals surface area contributed by atoms with E-state index < -0.39 is 0 Å². The van der Waals surface area contributed by atoms with E-state index in [2.05, 4.69) is 32.7 Å². The molecule has 2 N–H and O–H groups in total. The van der Waals surface area contributed by atoms with Gasteiger partial charge in [0.05, 0.1) is 0 Å². The Morgan fingerprint density at radius 2 is 1.76 bits per heavy atom. The molecule has 3 rings (SSSR count). The molecule has 0 atom stereocenters. The second-order valence-corrected chi connectivity index (χ2v) is 6.40. The number of nitrogens with zero attached hydrogens (tertiary/aromatic N) is 2. The average Bonchev–Trinajstić information content (AvgIpc) is 2.59. The van der Waals surface area contributed by atoms with Gasteiger partial charge >= 0.3 is 0 Å². The summed E-state index contributed by atoms with van der Waals surface area (Å²) < 4.78 is 0. The van der Waals surface area contributed by atoms with Gasteiger partial charge in [-0.15, -0.1) is 0 Å². The summed E-state index contributed by atoms with van der Waals surface area (Å²) in [6.07, 6.45) is 0.925. The number of hydrogen-bond donors (Lipinski definition) is 2. The van der Waals surface area contributed by atoms with Crippen molar-refractivity contribution in [3.05, 3.63) is 76.4 Å². The molecule has 3 aromatic rings. The summed E-state index contributed by atoms with van der Waals surface area (Å²) in [5.74, 6) is 1.37. The van der Waals surface area contributed by atoms with Crippen LogP contribution in [-0.2, 0) is 6.42 Å². The van der Waals surface area contributed by atoms with Gasteiger partial charge in [0.25, 0.3) is 0 Å². The molecule has 0 saturated carbocycles. The Labute approximate surface area is 153 Å². The van der Waals surface area contributed by atoms with Crippen LogP contribution in [0.4, 0.5) is 17.5 Å². The molecule has 0 amide bonds. The van der Waals surface area contributed by atoms with Crippen molar-refractivity contribution in [2.45, 2.75) is 20.3 Å². The summed E-state index contributed by atoms with van der Waals surface area (Å²) in [6.45, 7) is 4.77. The number of rotatable bonds is 6. The predicted octanol–water partition coefficient (Wildman–Crippen LogP) is 5.15. The lowest BCUT2D eigenvalue weighted by molar-refractivity contribution is 0.976. The standard InChI is InChI=1S/C20H21ClN4/c1-14-8-9-17(21)13-18(14)24-19-12-15(2)23-20(25-19)22-11-10-16-6-4-3-5-7-16/h3-9,12-13H,10-11H2,1-2H3,(H2,22,23,24,25). The molecule has 0 aliphatic rings. The lowest BCUT2D eigenvalue weighted by Gasteiger charge is -2.12. The predicted molar refractivity (Wildman–Crippen MR) is 105 cm³/mol. The Bertz CT molecular complexity index is 850. The van der Waals surface area contributed by atoms with E-state index in [4.69, 9.17) is 11.6 Å². The lowest BCUT2D eigenvalue weighted by Crippen LogP contribution is -2.09. The first kappa shape index (κ1) is 17.2. The molecule has 0 aliphatic carbocycles. The molecule has 0 unspecified atom stereocenters. The fraction of sp³-hybridized carbons (Fsp3) is 0.200. The molecule has 0 aliphatic heterocycles. The van der Waals surface area contributed by atoms with Crippen molar-refractivity contribution < 1.29 is 0 Å². The van der Waals surface area contributed by atoms with Crippen LogP contribution < -0.4 is 10.6 Å². The van der Waals surface area contributed by atoms with Gasteiger partial charge in [0.1, 0.15) is 5.82 Å². The summed E-state index contributed by atoms with van der Waals surface area (Å²) in [5, 5.41) is 7.32. The first-order valence-electron chi connectivity index (χ1n) is 8.27. The maximum absolute atomic E-state index is 6.09. The van der Waals surface area contributed by atoms with E-state index in [9.17, 15) is 0 Å². The van der Waals surface area contributed by atoms with E-state index in [0.717, 1.165) is 35.7 Å². The van der Waals surface area contributed by atoms with Crippen molar-refractivity contribution in [3.63, 3.8) is 0 Å². The van der Waals surface area contributed by atoms with E-state index in [0.29, 0.717) is 11.0 Å². The van der Waals surface area contributed by atoms with Crippen LogP contribution in [-0.4, -0.2) is 16.5 Å². The van der Waals surface area contributed by atoms with E-state index in [1.54, 1.807) is 0 Å². The average molecular weight is 353 g/mol. The van der Waals surface area contributed by atoms with E-state index >= 15 is 0 Å². The zero-order valence-corrected chi connectivity index (χ0v) is 15.1. The Hall–Kier alpha value is -2.59. The number of aromatic nitrogens is 2. The Morgan fingerprint density at radius 1 is 0.960 bits per heavy atom. The molecule has 2 aromatic carbocycles. The van der Waals surface area contributed by atoms with Gasteiger partial charge in [-0.05, 0) is 43.5 Å². The molecule has 0 saturated heterocycles. The van der Waals surface area contributed by atoms with Crippen molar-refractivity contribution in [1.29, 1.82) is 0 Å². The van der Waals surface area contributed by atoms with Gasteiger partial charge in [-0.2, -0.15) is 4.98 Å². The van der Waals surface area contributed by atoms with E-state index in [1.807, 2.05) is 56.3 Å². The van der Waals surface area contributed by atoms with Crippen LogP contribution in [0, 0.1) is 13.8 Å². The number of hydrogen-bond acceptors (Lipinski definition) is 4. The lowest BCUT2D eigenvalue weighted by atomic mass is 10.1. The molecule has 128 valence electrons. The Kier molecular flexibility index (Phi) is 5.51. The van der Waals surface area contributed by atoms with Gasteiger partial charge in [0, 0.05) is 29.0 Å². The van der Waals surface area contributed by atoms with Crippen molar-refractivity contribution in [2.24, 2.45) is 0 Å². The fourth-order valence-corrected chi connectivity index (χ4v) is 2.71. The van der Waals surface area contributed by atoms with Crippen LogP contribution in [0.15, 0.2) is 54.6 Å². The summed E-state index contributed by atoms with van der Waals surface area (Å²) in [4.78, 5) is 9.01. The third-order valence-electron chi connectivity index (χ3n) is 3.86. The molecule has 0 radical (unpaired) electrons. The monoisotopic (exact) mass is 352 g/mol. The number of benzene rings is 2. The molecule has 25 heavy (non-hydrogen) atoms. The van der Waals surface area contributed by atoms with Crippen LogP contribution >= 0.6 is 11.6 Å². The second kappa shape index (κ2) is 7.99. The van der Waals surface area contributed by atoms with Crippen LogP contribution in [0.1, 0.15) is 16.8 Å². The topological polar surface area (TPSA) is 49.8 Å². The van der Waals surface area contributed by atoms with Gasteiger partial charge < -0.3 is 10.6 Å². The summed E-state index contributed by atoms with van der Waals surface area (Å²) >= 11 is 6.09. The fourth-order valence-electron chi connectivity index (χ4n) is 2.54. The highest BCUT2D eigenvalue weighted by Gasteiger charge is 2.05. The van der Waals surface area contributed by atoms with E-state index in [1.165, 1.54) is 5.56 Å². The highest BCUT2D eigenvalue weighted by Crippen LogP contribution is 2.24. The molecule has 0 fully saturated rings. The number of nitrogens with one attached hydrogen (secondary N) is 2. The summed E-state index contributed by atoms with van der Waals surface area (Å²) in [6, 6.07) is 18.0. The van der Waals surface area contributed by atoms with Crippen LogP contribution in [0.25, 0.3) is 0 Å². The smallest absolute Gasteiger partial charge is 0.224 e. The van der Waals surface area contributed by atoms with Crippen molar-refractivity contribution in [3.8, 4) is 0 Å². The number of halogens is 1. The molecule has 1 aromatic heterocycles. The van der Waals surface area contributed by atoms with Gasteiger partial charge in [0.2, 0.25) is 5.95 Å². The number of aryl methyl sites for hydroxylation is 2. The van der Waals surface area contributed by atoms with Crippen molar-refractivity contribution in [1.82, 2.24) is 9.97 Å². The minimum absolute atomic E-state index is 0.623. The normalized spacial score (nSPS) is 10.5. The zero-order valence-electron chi connectivity index (χ0n) is 14.4. The van der Waals surface area contributed by atoms with Gasteiger partial charge in [-0.25, -0.2) is 4.98 Å². The maximum atomic E-state index is 6.09. The van der Waals surface area contributed by atoms with Gasteiger partial charge in [-0.1, -0.05) is 48.0 Å². The largest absolute Gasteiger partial charge is 0.354 e. The molecule has 0 spiro atoms. The molecule has 5 heteroatoms. The van der Waals surface area contributed by atoms with E-state index in [-0.39, 0.29) is 0 Å². The minimum atomic E-state index is 0.623. The van der Waals surface area contributed by atoms with Crippen LogP contribution in [0.5, 0.6) is 0 Å². The highest BCUT2D eigenvalue weighted by molar-refractivity contribution is 6.30. The van der Waals surface area contributed by atoms with Crippen LogP contribution in [0.3, 0.4) is 0 Å². The zero-order chi connectivity index (χ0) is 17.6. The second-order valence-electron chi connectivity index (χ2n) is 5.96. The molecule has 1 heterocycles. The molecular weight excluding hydrogens is 332 g/mol. The summed E-state index contributed by atoms with van der Waals surface area (Å²) in [5.41, 5.74) is 4.25. The highest BCUT2D eigenvalue weighted by atomic mass is 35.5. The minimum Gasteiger partial charge on any atom is -0.354 e. The maximum Gasteiger partial charge on any atom is 0.224 e. The third-order valence-corrected chi connectivity index (χ3v) is 4.09. The van der Waals surface area contributed by atoms with Gasteiger partial charge in [-0.3, -0.25) is 0 Å². The third kappa shape index (κ3) is 4.94. The first-order valence-corrected chi connectivity index (χ1v) is 8.64. The molecular formula is C20H21ClN4.